The molecule has 2 atom stereocenters. The van der Waals surface area contributed by atoms with Crippen LogP contribution in [0.4, 0.5) is 0 Å². The summed E-state index contributed by atoms with van der Waals surface area (Å²) < 4.78 is 19.6. The lowest BCUT2D eigenvalue weighted by atomic mass is 10.3. The molecule has 0 saturated heterocycles. The number of ether oxygens (including phenoxy) is 3. The van der Waals surface area contributed by atoms with Gasteiger partial charge in [-0.1, -0.05) is 0 Å². The molecular formula is C10H18O6PS3+. The van der Waals surface area contributed by atoms with Crippen molar-refractivity contribution in [2.45, 2.75) is 25.5 Å². The Morgan fingerprint density at radius 1 is 1.25 bits per heavy atom. The molecule has 0 heterocycles. The highest BCUT2D eigenvalue weighted by Crippen LogP contribution is 2.53. The van der Waals surface area contributed by atoms with Crippen molar-refractivity contribution < 1.29 is 28.0 Å². The molecule has 0 rings (SSSR count). The third-order valence-electron chi connectivity index (χ3n) is 1.70. The number of esters is 2. The van der Waals surface area contributed by atoms with Crippen LogP contribution in [0.1, 0.15) is 20.3 Å². The summed E-state index contributed by atoms with van der Waals surface area (Å²) in [5.41, 5.74) is 0. The van der Waals surface area contributed by atoms with Crippen LogP contribution in [0.2, 0.25) is 0 Å². The minimum atomic E-state index is -1.11. The number of rotatable bonds is 11. The van der Waals surface area contributed by atoms with Crippen LogP contribution in [-0.4, -0.2) is 44.3 Å². The summed E-state index contributed by atoms with van der Waals surface area (Å²) in [5.74, 6) is -0.908. The molecule has 0 aliphatic carbocycles. The second-order valence-electron chi connectivity index (χ2n) is 3.18. The molecule has 0 fully saturated rings. The van der Waals surface area contributed by atoms with Gasteiger partial charge in [0, 0.05) is 7.11 Å². The van der Waals surface area contributed by atoms with Crippen LogP contribution in [-0.2, 0) is 39.8 Å². The van der Waals surface area contributed by atoms with Crippen LogP contribution in [0.3, 0.4) is 0 Å². The van der Waals surface area contributed by atoms with Crippen LogP contribution >= 0.6 is 28.1 Å². The first kappa shape index (κ1) is 20.1. The highest BCUT2D eigenvalue weighted by Gasteiger charge is 2.33. The van der Waals surface area contributed by atoms with Gasteiger partial charge in [-0.15, -0.1) is 0 Å². The molecule has 0 saturated carbocycles. The number of hydrogen-bond acceptors (Lipinski definition) is 9. The molecule has 2 unspecified atom stereocenters. The Balaban J connectivity index is 4.40. The Hall–Kier alpha value is 0.0800. The van der Waals surface area contributed by atoms with E-state index in [1.807, 2.05) is 0 Å². The van der Waals surface area contributed by atoms with E-state index in [9.17, 15) is 9.59 Å². The predicted octanol–water partition coefficient (Wildman–Crippen LogP) is 2.65. The van der Waals surface area contributed by atoms with Crippen LogP contribution < -0.4 is 0 Å². The van der Waals surface area contributed by atoms with Gasteiger partial charge in [0.1, 0.15) is 11.4 Å². The molecule has 0 N–H and O–H groups in total. The average Bonchev–Trinajstić information content (AvgIpc) is 2.39. The molecule has 0 aliphatic heterocycles. The Labute approximate surface area is 132 Å². The lowest BCUT2D eigenvalue weighted by Gasteiger charge is -2.09. The van der Waals surface area contributed by atoms with Crippen molar-refractivity contribution in [3.63, 3.8) is 0 Å². The second kappa shape index (κ2) is 12.8. The van der Waals surface area contributed by atoms with Gasteiger partial charge in [0.25, 0.3) is 11.7 Å². The minimum absolute atomic E-state index is 0.0579. The van der Waals surface area contributed by atoms with Crippen molar-refractivity contribution >= 4 is 51.9 Å². The van der Waals surface area contributed by atoms with E-state index in [1.165, 1.54) is 18.5 Å². The van der Waals surface area contributed by atoms with Gasteiger partial charge >= 0.3 is 17.0 Å². The largest absolute Gasteiger partial charge is 0.466 e. The van der Waals surface area contributed by atoms with Gasteiger partial charge in [-0.05, 0) is 13.8 Å². The fourth-order valence-corrected chi connectivity index (χ4v) is 6.40. The fraction of sp³-hybridized carbons (Fsp3) is 0.800. The summed E-state index contributed by atoms with van der Waals surface area (Å²) in [6.45, 7) is 4.05. The smallest absolute Gasteiger partial charge is 0.348 e. The summed E-state index contributed by atoms with van der Waals surface area (Å²) in [6, 6.07) is 0. The monoisotopic (exact) mass is 361 g/mol. The van der Waals surface area contributed by atoms with Crippen molar-refractivity contribution in [1.82, 2.24) is 0 Å². The topological polar surface area (TPSA) is 71.1 Å². The maximum atomic E-state index is 11.8. The number of carbonyl (C=O) groups excluding carboxylic acids is 2. The van der Waals surface area contributed by atoms with Crippen molar-refractivity contribution in [1.29, 1.82) is 0 Å². The SMILES string of the molecule is CCOC(=O)CC(S[P+](=S)SOCOC)C(=O)OCC. The van der Waals surface area contributed by atoms with Gasteiger partial charge in [-0.3, -0.25) is 9.59 Å². The molecule has 0 aromatic rings. The minimum Gasteiger partial charge on any atom is -0.466 e. The number of methoxy groups -OCH3 is 1. The molecule has 10 heteroatoms. The lowest BCUT2D eigenvalue weighted by molar-refractivity contribution is -0.149. The standard InChI is InChI=1S/C10H18O6PS3/c1-4-14-9(11)6-8(10(12)15-5-2)19-17(18)20-16-7-13-3/h8H,4-7H2,1-3H3/q+1. The normalized spacial score (nSPS) is 12.7. The Kier molecular flexibility index (Phi) is 12.8. The van der Waals surface area contributed by atoms with Gasteiger partial charge in [0.2, 0.25) is 0 Å². The summed E-state index contributed by atoms with van der Waals surface area (Å²) in [6.07, 6.45) is -0.0579. The van der Waals surface area contributed by atoms with Gasteiger partial charge in [0.15, 0.2) is 23.8 Å². The molecule has 0 bridgehead atoms. The van der Waals surface area contributed by atoms with E-state index in [-0.39, 0.29) is 26.4 Å². The van der Waals surface area contributed by atoms with E-state index in [0.29, 0.717) is 0 Å². The van der Waals surface area contributed by atoms with E-state index >= 15 is 0 Å². The first-order chi connectivity index (χ1) is 9.54. The van der Waals surface area contributed by atoms with Crippen LogP contribution in [0.5, 0.6) is 0 Å². The molecule has 0 aromatic carbocycles. The van der Waals surface area contributed by atoms with E-state index in [2.05, 4.69) is 0 Å². The van der Waals surface area contributed by atoms with Gasteiger partial charge in [-0.25, -0.2) is 4.18 Å². The molecule has 20 heavy (non-hydrogen) atoms. The summed E-state index contributed by atoms with van der Waals surface area (Å²) in [4.78, 5) is 23.3. The molecule has 0 aliphatic rings. The highest BCUT2D eigenvalue weighted by atomic mass is 33.2. The zero-order valence-corrected chi connectivity index (χ0v) is 14.9. The fourth-order valence-electron chi connectivity index (χ4n) is 1.00. The summed E-state index contributed by atoms with van der Waals surface area (Å²) in [5, 5.41) is -1.78. The zero-order valence-electron chi connectivity index (χ0n) is 11.5. The van der Waals surface area contributed by atoms with E-state index in [4.69, 9.17) is 30.2 Å². The van der Waals surface area contributed by atoms with E-state index < -0.39 is 22.3 Å². The quantitative estimate of drug-likeness (QED) is 0.181. The molecule has 6 nitrogen and oxygen atoms in total. The van der Waals surface area contributed by atoms with Gasteiger partial charge < -0.3 is 14.2 Å². The van der Waals surface area contributed by atoms with Crippen molar-refractivity contribution in [2.24, 2.45) is 0 Å². The second-order valence-corrected chi connectivity index (χ2v) is 11.2. The number of carbonyl (C=O) groups is 2. The molecule has 0 spiro atoms. The molecule has 0 radical (unpaired) electrons. The number of hydrogen-bond donors (Lipinski definition) is 0. The predicted molar refractivity (Wildman–Crippen MR) is 84.1 cm³/mol. The Morgan fingerprint density at radius 3 is 2.45 bits per heavy atom. The highest BCUT2D eigenvalue weighted by molar-refractivity contribution is 8.93. The molecule has 116 valence electrons. The third kappa shape index (κ3) is 9.90. The maximum absolute atomic E-state index is 11.8. The van der Waals surface area contributed by atoms with E-state index in [1.54, 1.807) is 13.8 Å². The Bertz CT molecular complexity index is 328. The van der Waals surface area contributed by atoms with Crippen molar-refractivity contribution in [3.8, 4) is 0 Å². The first-order valence-corrected chi connectivity index (χ1v) is 11.0. The van der Waals surface area contributed by atoms with Crippen LogP contribution in [0, 0.1) is 0 Å². The zero-order chi connectivity index (χ0) is 15.4. The Morgan fingerprint density at radius 2 is 1.90 bits per heavy atom. The average molecular weight is 361 g/mol. The summed E-state index contributed by atoms with van der Waals surface area (Å²) >= 11 is 7.45. The summed E-state index contributed by atoms with van der Waals surface area (Å²) in [7, 11) is 1.50. The van der Waals surface area contributed by atoms with Crippen molar-refractivity contribution in [3.05, 3.63) is 0 Å². The van der Waals surface area contributed by atoms with Crippen molar-refractivity contribution in [2.75, 3.05) is 27.1 Å². The third-order valence-corrected chi connectivity index (χ3v) is 7.41. The molecule has 0 aromatic heterocycles. The van der Waals surface area contributed by atoms with Gasteiger partial charge in [0.05, 0.1) is 19.6 Å². The first-order valence-electron chi connectivity index (χ1n) is 5.79. The van der Waals surface area contributed by atoms with Gasteiger partial charge in [-0.2, -0.15) is 0 Å². The van der Waals surface area contributed by atoms with Crippen LogP contribution in [0.15, 0.2) is 0 Å². The molecular weight excluding hydrogens is 343 g/mol. The van der Waals surface area contributed by atoms with Crippen LogP contribution in [0.25, 0.3) is 0 Å². The lowest BCUT2D eigenvalue weighted by Crippen LogP contribution is -2.23. The van der Waals surface area contributed by atoms with E-state index in [0.717, 1.165) is 11.7 Å². The maximum Gasteiger partial charge on any atom is 0.348 e. The molecule has 0 amide bonds.